The van der Waals surface area contributed by atoms with Crippen molar-refractivity contribution in [2.24, 2.45) is 0 Å². The normalized spacial score (nSPS) is 10.7. The second kappa shape index (κ2) is 19.4. The van der Waals surface area contributed by atoms with E-state index in [2.05, 4.69) is 0 Å². The molecule has 6 nitrogen and oxygen atoms in total. The van der Waals surface area contributed by atoms with Crippen molar-refractivity contribution in [3.63, 3.8) is 0 Å². The molecule has 140 valence electrons. The average molecular weight is 343 g/mol. The summed E-state index contributed by atoms with van der Waals surface area (Å²) < 4.78 is 6.04. The molecule has 0 bridgehead atoms. The predicted molar refractivity (Wildman–Crippen MR) is 96.0 cm³/mol. The molecule has 1 unspecified atom stereocenters. The molecule has 0 radical (unpaired) electrons. The van der Waals surface area contributed by atoms with Gasteiger partial charge in [0.25, 0.3) is 5.56 Å². The maximum atomic E-state index is 11.3. The zero-order chi connectivity index (χ0) is 18.6. The van der Waals surface area contributed by atoms with Gasteiger partial charge in [0.1, 0.15) is 13.4 Å². The lowest BCUT2D eigenvalue weighted by Gasteiger charge is -2.08. The van der Waals surface area contributed by atoms with E-state index in [9.17, 15) is 9.90 Å². The highest BCUT2D eigenvalue weighted by Gasteiger charge is 2.00. The summed E-state index contributed by atoms with van der Waals surface area (Å²) >= 11 is 0. The molecule has 1 heterocycles. The highest BCUT2D eigenvalue weighted by molar-refractivity contribution is 5.11. The lowest BCUT2D eigenvalue weighted by molar-refractivity contribution is -0.0980. The highest BCUT2D eigenvalue weighted by Crippen LogP contribution is 2.08. The van der Waals surface area contributed by atoms with E-state index in [1.807, 2.05) is 20.6 Å². The topological polar surface area (TPSA) is 77.8 Å². The molecule has 0 fully saturated rings. The summed E-state index contributed by atoms with van der Waals surface area (Å²) in [5, 5.41) is 9.19. The fourth-order valence-corrected chi connectivity index (χ4v) is 1.93. The Bertz CT molecular complexity index is 422. The molecule has 1 aromatic heterocycles. The maximum Gasteiger partial charge on any atom is 0.282 e. The largest absolute Gasteiger partial charge is 0.411 e. The number of hydrogen-bond acceptors (Lipinski definition) is 5. The Hall–Kier alpha value is -1.66. The second-order valence-corrected chi connectivity index (χ2v) is 4.80. The van der Waals surface area contributed by atoms with Crippen LogP contribution in [0.4, 0.5) is 0 Å². The molecule has 0 aromatic carbocycles. The lowest BCUT2D eigenvalue weighted by atomic mass is 10.1. The van der Waals surface area contributed by atoms with Gasteiger partial charge in [-0.25, -0.2) is 0 Å². The van der Waals surface area contributed by atoms with Gasteiger partial charge in [0.15, 0.2) is 6.29 Å². The Balaban J connectivity index is 0. The van der Waals surface area contributed by atoms with E-state index in [0.717, 1.165) is 38.5 Å². The quantitative estimate of drug-likeness (QED) is 0.494. The van der Waals surface area contributed by atoms with Gasteiger partial charge in [-0.15, -0.1) is 0 Å². The first-order chi connectivity index (χ1) is 11.7. The molecule has 0 amide bonds. The monoisotopic (exact) mass is 343 g/mol. The number of aliphatic hydroxyl groups is 1. The van der Waals surface area contributed by atoms with Gasteiger partial charge in [0, 0.05) is 19.4 Å². The second-order valence-electron chi connectivity index (χ2n) is 4.80. The zero-order valence-electron chi connectivity index (χ0n) is 15.3. The van der Waals surface area contributed by atoms with E-state index in [1.165, 1.54) is 17.9 Å². The fourth-order valence-electron chi connectivity index (χ4n) is 1.93. The van der Waals surface area contributed by atoms with E-state index in [-0.39, 0.29) is 5.56 Å². The SMILES string of the molecule is C=O.CC.COC(O)CCCCCCCCOn1ccccc1=O. The van der Waals surface area contributed by atoms with Crippen LogP contribution in [0.25, 0.3) is 0 Å². The van der Waals surface area contributed by atoms with Crippen LogP contribution in [-0.2, 0) is 9.53 Å². The number of aliphatic hydroxyl groups excluding tert-OH is 1. The number of rotatable bonds is 11. The van der Waals surface area contributed by atoms with Crippen LogP contribution in [0.3, 0.4) is 0 Å². The van der Waals surface area contributed by atoms with Crippen molar-refractivity contribution in [3.8, 4) is 0 Å². The molecule has 1 aromatic rings. The smallest absolute Gasteiger partial charge is 0.282 e. The third-order valence-electron chi connectivity index (χ3n) is 3.14. The standard InChI is InChI=1S/C15H25NO4.C2H6.CH2O/c1-19-15(18)11-6-4-2-3-5-9-13-20-16-12-8-7-10-14(16)17;2*1-2/h7-8,10,12,15,18H,2-6,9,11,13H2,1H3;1-2H3;1H2. The first-order valence-corrected chi connectivity index (χ1v) is 8.54. The first kappa shape index (κ1) is 24.6. The van der Waals surface area contributed by atoms with E-state index >= 15 is 0 Å². The van der Waals surface area contributed by atoms with Gasteiger partial charge in [-0.3, -0.25) is 4.79 Å². The molecule has 0 aliphatic heterocycles. The molecule has 1 atom stereocenters. The van der Waals surface area contributed by atoms with Gasteiger partial charge in [0.2, 0.25) is 0 Å². The number of methoxy groups -OCH3 is 1. The lowest BCUT2D eigenvalue weighted by Crippen LogP contribution is -2.25. The summed E-state index contributed by atoms with van der Waals surface area (Å²) in [6.45, 7) is 6.56. The predicted octanol–water partition coefficient (Wildman–Crippen LogP) is 2.81. The maximum absolute atomic E-state index is 11.3. The number of ether oxygens (including phenoxy) is 1. The van der Waals surface area contributed by atoms with Crippen molar-refractivity contribution in [2.45, 2.75) is 65.1 Å². The van der Waals surface area contributed by atoms with Crippen LogP contribution in [0.15, 0.2) is 29.2 Å². The summed E-state index contributed by atoms with van der Waals surface area (Å²) in [4.78, 5) is 24.7. The zero-order valence-corrected chi connectivity index (χ0v) is 15.3. The van der Waals surface area contributed by atoms with Crippen LogP contribution >= 0.6 is 0 Å². The Labute approximate surface area is 145 Å². The van der Waals surface area contributed by atoms with E-state index in [0.29, 0.717) is 13.0 Å². The molecule has 24 heavy (non-hydrogen) atoms. The number of pyridine rings is 1. The van der Waals surface area contributed by atoms with Crippen LogP contribution in [0.5, 0.6) is 0 Å². The van der Waals surface area contributed by atoms with Gasteiger partial charge >= 0.3 is 0 Å². The summed E-state index contributed by atoms with van der Waals surface area (Å²) in [5.74, 6) is 0. The summed E-state index contributed by atoms with van der Waals surface area (Å²) in [6.07, 6.45) is 8.16. The summed E-state index contributed by atoms with van der Waals surface area (Å²) in [5.41, 5.74) is -0.135. The first-order valence-electron chi connectivity index (χ1n) is 8.54. The van der Waals surface area contributed by atoms with Gasteiger partial charge in [-0.1, -0.05) is 39.2 Å². The van der Waals surface area contributed by atoms with Crippen LogP contribution in [0.1, 0.15) is 58.8 Å². The number of aromatic nitrogens is 1. The molecular weight excluding hydrogens is 310 g/mol. The van der Waals surface area contributed by atoms with Gasteiger partial charge in [-0.05, 0) is 31.7 Å². The van der Waals surface area contributed by atoms with Gasteiger partial charge < -0.3 is 19.5 Å². The van der Waals surface area contributed by atoms with Crippen molar-refractivity contribution in [3.05, 3.63) is 34.7 Å². The Morgan fingerprint density at radius 2 is 1.67 bits per heavy atom. The van der Waals surface area contributed by atoms with Crippen LogP contribution in [0.2, 0.25) is 0 Å². The minimum Gasteiger partial charge on any atom is -0.411 e. The van der Waals surface area contributed by atoms with Gasteiger partial charge in [0.05, 0.1) is 0 Å². The molecule has 0 aliphatic carbocycles. The third kappa shape index (κ3) is 14.0. The molecular formula is C18H33NO5. The summed E-state index contributed by atoms with van der Waals surface area (Å²) in [6, 6.07) is 4.95. The van der Waals surface area contributed by atoms with E-state index in [1.54, 1.807) is 18.3 Å². The molecule has 0 spiro atoms. The van der Waals surface area contributed by atoms with Crippen molar-refractivity contribution >= 4 is 6.79 Å². The number of hydrogen-bond donors (Lipinski definition) is 1. The van der Waals surface area contributed by atoms with Crippen molar-refractivity contribution in [2.75, 3.05) is 13.7 Å². The minimum atomic E-state index is -0.618. The Kier molecular flexibility index (Phi) is 19.9. The molecule has 0 saturated heterocycles. The number of carbonyl (C=O) groups is 1. The minimum absolute atomic E-state index is 0.135. The van der Waals surface area contributed by atoms with Crippen molar-refractivity contribution < 1.29 is 19.5 Å². The molecule has 0 saturated carbocycles. The average Bonchev–Trinajstić information content (AvgIpc) is 2.64. The Morgan fingerprint density at radius 3 is 2.25 bits per heavy atom. The van der Waals surface area contributed by atoms with Crippen LogP contribution in [0, 0.1) is 0 Å². The van der Waals surface area contributed by atoms with Crippen LogP contribution in [-0.4, -0.2) is 36.6 Å². The Morgan fingerprint density at radius 1 is 1.08 bits per heavy atom. The molecule has 0 aliphatic rings. The number of unbranched alkanes of at least 4 members (excludes halogenated alkanes) is 5. The number of carbonyl (C=O) groups excluding carboxylic acids is 1. The van der Waals surface area contributed by atoms with E-state index in [4.69, 9.17) is 14.4 Å². The molecule has 6 heteroatoms. The third-order valence-corrected chi connectivity index (χ3v) is 3.14. The molecule has 1 rings (SSSR count). The van der Waals surface area contributed by atoms with Crippen molar-refractivity contribution in [1.29, 1.82) is 0 Å². The molecule has 1 N–H and O–H groups in total. The fraction of sp³-hybridized carbons (Fsp3) is 0.667. The van der Waals surface area contributed by atoms with Crippen molar-refractivity contribution in [1.82, 2.24) is 4.73 Å². The van der Waals surface area contributed by atoms with E-state index < -0.39 is 6.29 Å². The summed E-state index contributed by atoms with van der Waals surface area (Å²) in [7, 11) is 1.52. The van der Waals surface area contributed by atoms with Crippen LogP contribution < -0.4 is 10.4 Å². The highest BCUT2D eigenvalue weighted by atomic mass is 16.7. The van der Waals surface area contributed by atoms with Gasteiger partial charge in [-0.2, -0.15) is 4.73 Å². The number of nitrogens with zero attached hydrogens (tertiary/aromatic N) is 1.